The second-order valence-electron chi connectivity index (χ2n) is 16.4. The molecular formula is C57H92O6. The topological polar surface area (TPSA) is 78.9 Å². The van der Waals surface area contributed by atoms with Gasteiger partial charge in [0.2, 0.25) is 0 Å². The maximum absolute atomic E-state index is 12.8. The summed E-state index contributed by atoms with van der Waals surface area (Å²) in [6.45, 7) is 6.42. The fourth-order valence-electron chi connectivity index (χ4n) is 6.35. The van der Waals surface area contributed by atoms with Gasteiger partial charge in [-0.3, -0.25) is 14.4 Å². The summed E-state index contributed by atoms with van der Waals surface area (Å²) in [5.74, 6) is -1.06. The van der Waals surface area contributed by atoms with Crippen molar-refractivity contribution in [3.63, 3.8) is 0 Å². The van der Waals surface area contributed by atoms with E-state index >= 15 is 0 Å². The highest BCUT2D eigenvalue weighted by atomic mass is 16.6. The second kappa shape index (κ2) is 50.7. The van der Waals surface area contributed by atoms with Gasteiger partial charge in [0, 0.05) is 19.3 Å². The standard InChI is InChI=1S/C57H92O6/c1-4-7-10-13-16-19-22-24-26-28-30-32-35-38-41-44-47-50-56(59)62-53-54(52-61-55(58)49-46-43-40-37-34-21-18-15-12-9-6-3)63-57(60)51-48-45-42-39-36-33-31-29-27-25-23-20-17-14-11-8-5-2/h15-20,24-27,30-33,38-39,41-42,54H,4-14,21-23,28-29,34-37,40,43-53H2,1-3H3/b18-15-,19-16-,20-17-,26-24-,27-25-,32-30-,33-31-,41-38-,42-39-. The van der Waals surface area contributed by atoms with Crippen LogP contribution in [-0.2, 0) is 28.6 Å². The lowest BCUT2D eigenvalue weighted by Gasteiger charge is -2.18. The van der Waals surface area contributed by atoms with Crippen LogP contribution in [0.3, 0.4) is 0 Å². The lowest BCUT2D eigenvalue weighted by molar-refractivity contribution is -0.167. The van der Waals surface area contributed by atoms with Crippen molar-refractivity contribution in [2.75, 3.05) is 13.2 Å². The van der Waals surface area contributed by atoms with E-state index in [9.17, 15) is 14.4 Å². The molecule has 0 fully saturated rings. The third-order valence-corrected chi connectivity index (χ3v) is 10.2. The summed E-state index contributed by atoms with van der Waals surface area (Å²) >= 11 is 0. The SMILES string of the molecule is CCCC/C=C\CCCCCCCC(=O)OCC(COC(=O)CCC/C=C\C/C=C\C/C=C\C/C=C\CCCCC)OC(=O)CCC/C=C\C/C=C\C/C=C\C/C=C\CCCCC. The quantitative estimate of drug-likeness (QED) is 0.0263. The largest absolute Gasteiger partial charge is 0.462 e. The van der Waals surface area contributed by atoms with Crippen LogP contribution in [0.25, 0.3) is 0 Å². The molecule has 6 nitrogen and oxygen atoms in total. The Morgan fingerprint density at radius 3 is 1.02 bits per heavy atom. The van der Waals surface area contributed by atoms with Gasteiger partial charge >= 0.3 is 17.9 Å². The molecule has 63 heavy (non-hydrogen) atoms. The highest BCUT2D eigenvalue weighted by molar-refractivity contribution is 5.71. The molecule has 0 rings (SSSR count). The van der Waals surface area contributed by atoms with Crippen molar-refractivity contribution in [2.45, 2.75) is 219 Å². The summed E-state index contributed by atoms with van der Waals surface area (Å²) in [5, 5.41) is 0. The first-order valence-electron chi connectivity index (χ1n) is 25.4. The highest BCUT2D eigenvalue weighted by Crippen LogP contribution is 2.11. The number of rotatable bonds is 44. The fourth-order valence-corrected chi connectivity index (χ4v) is 6.35. The van der Waals surface area contributed by atoms with Crippen LogP contribution < -0.4 is 0 Å². The first kappa shape index (κ1) is 59.1. The Morgan fingerprint density at radius 2 is 0.603 bits per heavy atom. The van der Waals surface area contributed by atoms with E-state index in [0.717, 1.165) is 83.5 Å². The van der Waals surface area contributed by atoms with Crippen molar-refractivity contribution >= 4 is 17.9 Å². The number of unbranched alkanes of at least 4 members (excludes halogenated alkanes) is 15. The molecule has 0 spiro atoms. The average molecular weight is 873 g/mol. The molecule has 0 saturated carbocycles. The summed E-state index contributed by atoms with van der Waals surface area (Å²) < 4.78 is 16.7. The number of carbonyl (C=O) groups excluding carboxylic acids is 3. The van der Waals surface area contributed by atoms with Crippen LogP contribution in [0.1, 0.15) is 213 Å². The molecule has 0 aromatic rings. The van der Waals surface area contributed by atoms with Gasteiger partial charge in [0.05, 0.1) is 0 Å². The van der Waals surface area contributed by atoms with E-state index < -0.39 is 6.10 Å². The molecule has 0 aliphatic rings. The van der Waals surface area contributed by atoms with Crippen LogP contribution in [0.4, 0.5) is 0 Å². The molecule has 0 aliphatic heterocycles. The van der Waals surface area contributed by atoms with E-state index in [2.05, 4.69) is 130 Å². The molecule has 0 radical (unpaired) electrons. The lowest BCUT2D eigenvalue weighted by atomic mass is 10.1. The molecule has 0 N–H and O–H groups in total. The maximum atomic E-state index is 12.8. The smallest absolute Gasteiger partial charge is 0.306 e. The molecule has 0 aromatic heterocycles. The van der Waals surface area contributed by atoms with E-state index in [1.54, 1.807) is 0 Å². The molecule has 0 bridgehead atoms. The first-order chi connectivity index (χ1) is 31.0. The van der Waals surface area contributed by atoms with Gasteiger partial charge in [0.15, 0.2) is 6.10 Å². The van der Waals surface area contributed by atoms with E-state index in [0.29, 0.717) is 19.3 Å². The third kappa shape index (κ3) is 49.0. The van der Waals surface area contributed by atoms with E-state index in [1.165, 1.54) is 77.0 Å². The first-order valence-corrected chi connectivity index (χ1v) is 25.4. The van der Waals surface area contributed by atoms with Crippen molar-refractivity contribution in [1.82, 2.24) is 0 Å². The Bertz CT molecular complexity index is 1330. The molecule has 6 heteroatoms. The van der Waals surface area contributed by atoms with Gasteiger partial charge in [-0.15, -0.1) is 0 Å². The number of hydrogen-bond acceptors (Lipinski definition) is 6. The Morgan fingerprint density at radius 1 is 0.317 bits per heavy atom. The molecule has 0 amide bonds. The zero-order chi connectivity index (χ0) is 45.8. The number of esters is 3. The molecular weight excluding hydrogens is 781 g/mol. The molecule has 356 valence electrons. The number of ether oxygens (including phenoxy) is 3. The van der Waals surface area contributed by atoms with Gasteiger partial charge in [-0.2, -0.15) is 0 Å². The second-order valence-corrected chi connectivity index (χ2v) is 16.4. The van der Waals surface area contributed by atoms with Crippen LogP contribution in [0.5, 0.6) is 0 Å². The average Bonchev–Trinajstić information content (AvgIpc) is 3.28. The molecule has 0 heterocycles. The normalized spacial score (nSPS) is 13.0. The fraction of sp³-hybridized carbons (Fsp3) is 0.632. The highest BCUT2D eigenvalue weighted by Gasteiger charge is 2.19. The van der Waals surface area contributed by atoms with Gasteiger partial charge in [-0.1, -0.05) is 188 Å². The van der Waals surface area contributed by atoms with Crippen molar-refractivity contribution in [1.29, 1.82) is 0 Å². The minimum Gasteiger partial charge on any atom is -0.462 e. The van der Waals surface area contributed by atoms with Gasteiger partial charge in [0.1, 0.15) is 13.2 Å². The maximum Gasteiger partial charge on any atom is 0.306 e. The molecule has 1 unspecified atom stereocenters. The lowest BCUT2D eigenvalue weighted by Crippen LogP contribution is -2.30. The van der Waals surface area contributed by atoms with Crippen molar-refractivity contribution in [2.24, 2.45) is 0 Å². The molecule has 0 aromatic carbocycles. The predicted molar refractivity (Wildman–Crippen MR) is 270 cm³/mol. The Hall–Kier alpha value is -3.93. The number of hydrogen-bond donors (Lipinski definition) is 0. The van der Waals surface area contributed by atoms with Crippen LogP contribution in [0.15, 0.2) is 109 Å². The molecule has 1 atom stereocenters. The monoisotopic (exact) mass is 873 g/mol. The van der Waals surface area contributed by atoms with Gasteiger partial charge < -0.3 is 14.2 Å². The Balaban J connectivity index is 4.58. The van der Waals surface area contributed by atoms with Crippen LogP contribution in [-0.4, -0.2) is 37.2 Å². The van der Waals surface area contributed by atoms with E-state index in [-0.39, 0.29) is 44.0 Å². The number of carbonyl (C=O) groups is 3. The summed E-state index contributed by atoms with van der Waals surface area (Å²) in [5.41, 5.74) is 0. The zero-order valence-corrected chi connectivity index (χ0v) is 40.5. The minimum absolute atomic E-state index is 0.123. The predicted octanol–water partition coefficient (Wildman–Crippen LogP) is 16.8. The van der Waals surface area contributed by atoms with E-state index in [1.807, 2.05) is 0 Å². The van der Waals surface area contributed by atoms with Gasteiger partial charge in [-0.05, 0) is 116 Å². The minimum atomic E-state index is -0.833. The Kier molecular flexibility index (Phi) is 47.5. The number of allylic oxidation sites excluding steroid dienone is 18. The summed E-state index contributed by atoms with van der Waals surface area (Å²) in [4.78, 5) is 37.9. The van der Waals surface area contributed by atoms with Gasteiger partial charge in [0.25, 0.3) is 0 Å². The molecule has 0 saturated heterocycles. The van der Waals surface area contributed by atoms with Crippen LogP contribution in [0.2, 0.25) is 0 Å². The summed E-state index contributed by atoms with van der Waals surface area (Å²) in [6, 6.07) is 0. The third-order valence-electron chi connectivity index (χ3n) is 10.2. The summed E-state index contributed by atoms with van der Waals surface area (Å²) in [7, 11) is 0. The van der Waals surface area contributed by atoms with Crippen molar-refractivity contribution in [3.05, 3.63) is 109 Å². The summed E-state index contributed by atoms with van der Waals surface area (Å²) in [6.07, 6.45) is 67.9. The zero-order valence-electron chi connectivity index (χ0n) is 40.5. The Labute approximate surface area is 387 Å². The van der Waals surface area contributed by atoms with Crippen molar-refractivity contribution in [3.8, 4) is 0 Å². The molecule has 0 aliphatic carbocycles. The van der Waals surface area contributed by atoms with Crippen molar-refractivity contribution < 1.29 is 28.6 Å². The van der Waals surface area contributed by atoms with Crippen LogP contribution in [0, 0.1) is 0 Å². The van der Waals surface area contributed by atoms with E-state index in [4.69, 9.17) is 14.2 Å². The van der Waals surface area contributed by atoms with Gasteiger partial charge in [-0.25, -0.2) is 0 Å². The van der Waals surface area contributed by atoms with Crippen LogP contribution >= 0.6 is 0 Å².